The highest BCUT2D eigenvalue weighted by atomic mass is 16.5. The second kappa shape index (κ2) is 8.28. The van der Waals surface area contributed by atoms with Crippen LogP contribution in [-0.2, 0) is 14.4 Å². The number of hydrogen-bond donors (Lipinski definition) is 3. The van der Waals surface area contributed by atoms with E-state index in [1.807, 2.05) is 32.0 Å². The zero-order chi connectivity index (χ0) is 21.3. The van der Waals surface area contributed by atoms with Crippen molar-refractivity contribution < 1.29 is 19.1 Å². The third-order valence-electron chi connectivity index (χ3n) is 7.03. The van der Waals surface area contributed by atoms with Gasteiger partial charge in [-0.05, 0) is 81.3 Å². The monoisotopic (exact) mass is 413 g/mol. The number of rotatable bonds is 6. The second-order valence-electron chi connectivity index (χ2n) is 9.49. The summed E-state index contributed by atoms with van der Waals surface area (Å²) in [5.74, 6) is 1.78. The minimum Gasteiger partial charge on any atom is -0.483 e. The standard InChI is InChI=1S/C23H31N3O4/c1-14-4-3-5-15(2)21(14)30-13-20(28)26-25-19(27)12-24-22(29)23-9-16-6-17(10-23)8-18(7-16)11-23/h3-5,16-18H,6-13H2,1-2H3,(H,24,29)(H,25,27)(H,26,28). The number of aryl methyl sites for hydroxylation is 2. The summed E-state index contributed by atoms with van der Waals surface area (Å²) in [6.07, 6.45) is 6.67. The molecule has 4 bridgehead atoms. The van der Waals surface area contributed by atoms with Gasteiger partial charge >= 0.3 is 0 Å². The van der Waals surface area contributed by atoms with Crippen LogP contribution in [0.2, 0.25) is 0 Å². The lowest BCUT2D eigenvalue weighted by molar-refractivity contribution is -0.147. The maximum Gasteiger partial charge on any atom is 0.276 e. The Morgan fingerprint density at radius 3 is 2.03 bits per heavy atom. The molecule has 0 unspecified atom stereocenters. The van der Waals surface area contributed by atoms with Crippen LogP contribution >= 0.6 is 0 Å². The van der Waals surface area contributed by atoms with Gasteiger partial charge in [-0.15, -0.1) is 0 Å². The molecule has 0 saturated heterocycles. The number of carbonyl (C=O) groups excluding carboxylic acids is 3. The van der Waals surface area contributed by atoms with Gasteiger partial charge in [-0.2, -0.15) is 0 Å². The Balaban J connectivity index is 1.19. The first kappa shape index (κ1) is 20.7. The Morgan fingerprint density at radius 2 is 1.47 bits per heavy atom. The number of carbonyl (C=O) groups is 3. The van der Waals surface area contributed by atoms with Crippen molar-refractivity contribution in [2.24, 2.45) is 23.2 Å². The van der Waals surface area contributed by atoms with Crippen molar-refractivity contribution in [3.63, 3.8) is 0 Å². The molecule has 30 heavy (non-hydrogen) atoms. The van der Waals surface area contributed by atoms with Crippen LogP contribution in [-0.4, -0.2) is 30.9 Å². The van der Waals surface area contributed by atoms with E-state index in [9.17, 15) is 14.4 Å². The van der Waals surface area contributed by atoms with Gasteiger partial charge in [0.15, 0.2) is 6.61 Å². The summed E-state index contributed by atoms with van der Waals surface area (Å²) in [6.45, 7) is 3.48. The Kier molecular flexibility index (Phi) is 5.71. The fourth-order valence-electron chi connectivity index (χ4n) is 6.12. The smallest absolute Gasteiger partial charge is 0.276 e. The molecular formula is C23H31N3O4. The number of benzene rings is 1. The van der Waals surface area contributed by atoms with Crippen molar-refractivity contribution in [2.45, 2.75) is 52.4 Å². The van der Waals surface area contributed by atoms with E-state index in [1.165, 1.54) is 19.3 Å². The van der Waals surface area contributed by atoms with Gasteiger partial charge in [0.2, 0.25) is 5.91 Å². The molecule has 4 saturated carbocycles. The summed E-state index contributed by atoms with van der Waals surface area (Å²) in [4.78, 5) is 36.9. The van der Waals surface area contributed by atoms with Gasteiger partial charge in [-0.3, -0.25) is 25.2 Å². The van der Waals surface area contributed by atoms with Crippen LogP contribution in [0.1, 0.15) is 49.7 Å². The molecule has 162 valence electrons. The van der Waals surface area contributed by atoms with Crippen molar-refractivity contribution in [1.29, 1.82) is 0 Å². The van der Waals surface area contributed by atoms with Crippen molar-refractivity contribution in [3.05, 3.63) is 29.3 Å². The van der Waals surface area contributed by atoms with Gasteiger partial charge in [-0.1, -0.05) is 18.2 Å². The van der Waals surface area contributed by atoms with Crippen LogP contribution in [0.5, 0.6) is 5.75 Å². The molecule has 1 aromatic rings. The predicted molar refractivity (Wildman–Crippen MR) is 111 cm³/mol. The molecule has 4 fully saturated rings. The van der Waals surface area contributed by atoms with E-state index in [4.69, 9.17) is 4.74 Å². The lowest BCUT2D eigenvalue weighted by Crippen LogP contribution is -2.55. The van der Waals surface area contributed by atoms with Crippen LogP contribution in [0.4, 0.5) is 0 Å². The average Bonchev–Trinajstić information content (AvgIpc) is 2.69. The topological polar surface area (TPSA) is 96.5 Å². The molecule has 0 aliphatic heterocycles. The number of hydrogen-bond acceptors (Lipinski definition) is 4. The van der Waals surface area contributed by atoms with Crippen LogP contribution in [0.25, 0.3) is 0 Å². The summed E-state index contributed by atoms with van der Waals surface area (Å²) in [5, 5.41) is 2.80. The third-order valence-corrected chi connectivity index (χ3v) is 7.03. The van der Waals surface area contributed by atoms with Crippen LogP contribution in [0, 0.1) is 37.0 Å². The maximum absolute atomic E-state index is 12.9. The molecule has 7 nitrogen and oxygen atoms in total. The van der Waals surface area contributed by atoms with E-state index in [0.717, 1.165) is 30.4 Å². The van der Waals surface area contributed by atoms with Gasteiger partial charge in [0.05, 0.1) is 6.54 Å². The van der Waals surface area contributed by atoms with E-state index >= 15 is 0 Å². The average molecular weight is 414 g/mol. The first-order valence-corrected chi connectivity index (χ1v) is 10.9. The summed E-state index contributed by atoms with van der Waals surface area (Å²) in [7, 11) is 0. The van der Waals surface area contributed by atoms with E-state index in [-0.39, 0.29) is 24.5 Å². The fraction of sp³-hybridized carbons (Fsp3) is 0.609. The normalized spacial score (nSPS) is 28.7. The van der Waals surface area contributed by atoms with E-state index in [2.05, 4.69) is 16.2 Å². The highest BCUT2D eigenvalue weighted by Crippen LogP contribution is 2.60. The van der Waals surface area contributed by atoms with Crippen molar-refractivity contribution in [1.82, 2.24) is 16.2 Å². The molecule has 3 N–H and O–H groups in total. The molecule has 0 radical (unpaired) electrons. The SMILES string of the molecule is Cc1cccc(C)c1OCC(=O)NNC(=O)CNC(=O)C12CC3CC(CC(C3)C1)C2. The van der Waals surface area contributed by atoms with Crippen molar-refractivity contribution in [3.8, 4) is 5.75 Å². The highest BCUT2D eigenvalue weighted by Gasteiger charge is 2.54. The van der Waals surface area contributed by atoms with Crippen LogP contribution in [0.3, 0.4) is 0 Å². The largest absolute Gasteiger partial charge is 0.483 e. The third kappa shape index (κ3) is 4.30. The molecule has 5 rings (SSSR count). The minimum absolute atomic E-state index is 0.00133. The molecule has 4 aliphatic carbocycles. The van der Waals surface area contributed by atoms with Gasteiger partial charge in [0.25, 0.3) is 11.8 Å². The molecule has 0 atom stereocenters. The lowest BCUT2D eigenvalue weighted by atomic mass is 9.49. The lowest BCUT2D eigenvalue weighted by Gasteiger charge is -2.55. The Labute approximate surface area is 177 Å². The highest BCUT2D eigenvalue weighted by molar-refractivity contribution is 5.89. The van der Waals surface area contributed by atoms with Crippen LogP contribution in [0.15, 0.2) is 18.2 Å². The van der Waals surface area contributed by atoms with Crippen molar-refractivity contribution >= 4 is 17.7 Å². The number of para-hydroxylation sites is 1. The summed E-state index contributed by atoms with van der Waals surface area (Å²) in [5.41, 5.74) is 6.29. The van der Waals surface area contributed by atoms with E-state index in [1.54, 1.807) is 0 Å². The van der Waals surface area contributed by atoms with Gasteiger partial charge in [-0.25, -0.2) is 0 Å². The second-order valence-corrected chi connectivity index (χ2v) is 9.49. The van der Waals surface area contributed by atoms with E-state index < -0.39 is 11.8 Å². The first-order valence-electron chi connectivity index (χ1n) is 10.9. The molecule has 1 aromatic carbocycles. The van der Waals surface area contributed by atoms with Crippen LogP contribution < -0.4 is 20.9 Å². The number of amides is 3. The Hall–Kier alpha value is -2.57. The molecule has 3 amide bonds. The molecule has 0 spiro atoms. The Morgan fingerprint density at radius 1 is 0.933 bits per heavy atom. The first-order chi connectivity index (χ1) is 14.3. The van der Waals surface area contributed by atoms with E-state index in [0.29, 0.717) is 23.5 Å². The summed E-state index contributed by atoms with van der Waals surface area (Å²) in [6, 6.07) is 5.75. The zero-order valence-electron chi connectivity index (χ0n) is 17.8. The minimum atomic E-state index is -0.460. The Bertz CT molecular complexity index is 795. The fourth-order valence-corrected chi connectivity index (χ4v) is 6.12. The summed E-state index contributed by atoms with van der Waals surface area (Å²) < 4.78 is 5.56. The number of ether oxygens (including phenoxy) is 1. The molecule has 7 heteroatoms. The van der Waals surface area contributed by atoms with Crippen molar-refractivity contribution in [2.75, 3.05) is 13.2 Å². The zero-order valence-corrected chi connectivity index (χ0v) is 17.8. The van der Waals surface area contributed by atoms with Gasteiger partial charge in [0, 0.05) is 5.41 Å². The van der Waals surface area contributed by atoms with Gasteiger partial charge < -0.3 is 10.1 Å². The quantitative estimate of drug-likeness (QED) is 0.623. The molecule has 0 heterocycles. The summed E-state index contributed by atoms with van der Waals surface area (Å²) >= 11 is 0. The number of nitrogens with one attached hydrogen (secondary N) is 3. The molecular weight excluding hydrogens is 382 g/mol. The predicted octanol–water partition coefficient (Wildman–Crippen LogP) is 2.16. The maximum atomic E-state index is 12.9. The molecule has 4 aliphatic rings. The van der Waals surface area contributed by atoms with Gasteiger partial charge in [0.1, 0.15) is 5.75 Å². The number of hydrazine groups is 1. The molecule has 0 aromatic heterocycles.